The first-order valence-corrected chi connectivity index (χ1v) is 4.51. The molecule has 0 amide bonds. The zero-order chi connectivity index (χ0) is 8.32. The van der Waals surface area contributed by atoms with E-state index in [4.69, 9.17) is 0 Å². The van der Waals surface area contributed by atoms with Gasteiger partial charge in [0.15, 0.2) is 0 Å². The zero-order valence-corrected chi connectivity index (χ0v) is 7.60. The van der Waals surface area contributed by atoms with Gasteiger partial charge < -0.3 is 4.48 Å². The van der Waals surface area contributed by atoms with Gasteiger partial charge >= 0.3 is 0 Å². The number of nitrogens with zero attached hydrogens (tertiary/aromatic N) is 1. The lowest BCUT2D eigenvalue weighted by molar-refractivity contribution is -0.910. The molecule has 0 bridgehead atoms. The highest BCUT2D eigenvalue weighted by atomic mass is 16.1. The van der Waals surface area contributed by atoms with Crippen LogP contribution in [0.5, 0.6) is 0 Å². The van der Waals surface area contributed by atoms with Crippen LogP contribution in [0.15, 0.2) is 0 Å². The third-order valence-electron chi connectivity index (χ3n) is 2.62. The van der Waals surface area contributed by atoms with E-state index in [0.29, 0.717) is 5.78 Å². The molecule has 0 aromatic carbocycles. The number of hydrogen-bond acceptors (Lipinski definition) is 1. The number of likely N-dealkylation sites (tertiary alicyclic amines) is 1. The first kappa shape index (κ1) is 8.72. The lowest BCUT2D eigenvalue weighted by atomic mass is 10.1. The van der Waals surface area contributed by atoms with Gasteiger partial charge in [-0.3, -0.25) is 4.79 Å². The number of ketones is 1. The van der Waals surface area contributed by atoms with Crippen LogP contribution in [0.3, 0.4) is 0 Å². The first-order valence-electron chi connectivity index (χ1n) is 4.51. The smallest absolute Gasteiger partial charge is 0.144 e. The normalized spacial score (nSPS) is 23.6. The van der Waals surface area contributed by atoms with Crippen molar-refractivity contribution in [3.05, 3.63) is 0 Å². The number of carbonyl (C=O) groups is 1. The van der Waals surface area contributed by atoms with Crippen LogP contribution in [0.1, 0.15) is 26.2 Å². The summed E-state index contributed by atoms with van der Waals surface area (Å²) in [6.45, 7) is 5.56. The lowest BCUT2D eigenvalue weighted by Gasteiger charge is -2.36. The molecule has 1 heterocycles. The highest BCUT2D eigenvalue weighted by molar-refractivity contribution is 5.78. The van der Waals surface area contributed by atoms with Crippen molar-refractivity contribution in [1.29, 1.82) is 0 Å². The molecule has 0 unspecified atom stereocenters. The predicted octanol–water partition coefficient (Wildman–Crippen LogP) is 1.21. The van der Waals surface area contributed by atoms with Crippen molar-refractivity contribution in [3.63, 3.8) is 0 Å². The molecule has 0 N–H and O–H groups in total. The molecular formula is C9H18NO+. The van der Waals surface area contributed by atoms with Crippen molar-refractivity contribution in [2.45, 2.75) is 26.2 Å². The molecule has 1 aliphatic rings. The van der Waals surface area contributed by atoms with Crippen molar-refractivity contribution < 1.29 is 9.28 Å². The van der Waals surface area contributed by atoms with Crippen LogP contribution in [0, 0.1) is 0 Å². The Hall–Kier alpha value is -0.370. The van der Waals surface area contributed by atoms with E-state index in [1.54, 1.807) is 0 Å². The van der Waals surface area contributed by atoms with E-state index in [9.17, 15) is 4.79 Å². The Kier molecular flexibility index (Phi) is 2.66. The molecule has 2 heteroatoms. The maximum Gasteiger partial charge on any atom is 0.144 e. The largest absolute Gasteiger partial charge is 0.325 e. The zero-order valence-electron chi connectivity index (χ0n) is 7.60. The predicted molar refractivity (Wildman–Crippen MR) is 45.3 cm³/mol. The molecule has 0 atom stereocenters. The Morgan fingerprint density at radius 3 is 2.36 bits per heavy atom. The van der Waals surface area contributed by atoms with Crippen LogP contribution in [0.2, 0.25) is 0 Å². The third kappa shape index (κ3) is 2.29. The standard InChI is InChI=1S/C9H18NO/c1-3-6-10(2)7-4-9(11)5-8-10/h3-8H2,1-2H3/q+1. The van der Waals surface area contributed by atoms with E-state index < -0.39 is 0 Å². The molecule has 64 valence electrons. The summed E-state index contributed by atoms with van der Waals surface area (Å²) in [5.41, 5.74) is 0. The summed E-state index contributed by atoms with van der Waals surface area (Å²) >= 11 is 0. The van der Waals surface area contributed by atoms with Gasteiger partial charge in [0.1, 0.15) is 5.78 Å². The summed E-state index contributed by atoms with van der Waals surface area (Å²) in [4.78, 5) is 10.9. The average molecular weight is 156 g/mol. The van der Waals surface area contributed by atoms with E-state index in [0.717, 1.165) is 30.4 Å². The van der Waals surface area contributed by atoms with Gasteiger partial charge in [-0.15, -0.1) is 0 Å². The summed E-state index contributed by atoms with van der Waals surface area (Å²) in [5, 5.41) is 0. The van der Waals surface area contributed by atoms with Crippen LogP contribution in [-0.4, -0.2) is 36.9 Å². The fraction of sp³-hybridized carbons (Fsp3) is 0.889. The molecule has 0 radical (unpaired) electrons. The Morgan fingerprint density at radius 2 is 1.91 bits per heavy atom. The maximum atomic E-state index is 10.9. The summed E-state index contributed by atoms with van der Waals surface area (Å²) < 4.78 is 1.11. The Morgan fingerprint density at radius 1 is 1.36 bits per heavy atom. The van der Waals surface area contributed by atoms with E-state index >= 15 is 0 Å². The number of piperidine rings is 1. The number of hydrogen-bond donors (Lipinski definition) is 0. The maximum absolute atomic E-state index is 10.9. The highest BCUT2D eigenvalue weighted by Crippen LogP contribution is 2.13. The van der Waals surface area contributed by atoms with Crippen LogP contribution in [0.4, 0.5) is 0 Å². The molecule has 0 aromatic heterocycles. The van der Waals surface area contributed by atoms with Gasteiger partial charge in [-0.25, -0.2) is 0 Å². The highest BCUT2D eigenvalue weighted by Gasteiger charge is 2.27. The molecule has 11 heavy (non-hydrogen) atoms. The third-order valence-corrected chi connectivity index (χ3v) is 2.62. The van der Waals surface area contributed by atoms with Gasteiger partial charge in [-0.2, -0.15) is 0 Å². The Bertz CT molecular complexity index is 144. The summed E-state index contributed by atoms with van der Waals surface area (Å²) in [7, 11) is 2.26. The molecule has 0 aliphatic carbocycles. The van der Waals surface area contributed by atoms with Gasteiger partial charge in [0.05, 0.1) is 39.5 Å². The molecule has 0 saturated carbocycles. The molecule has 2 nitrogen and oxygen atoms in total. The Balaban J connectivity index is 2.41. The SMILES string of the molecule is CCC[N+]1(C)CCC(=O)CC1. The van der Waals surface area contributed by atoms with Gasteiger partial charge in [0.25, 0.3) is 0 Å². The molecule has 0 aromatic rings. The second kappa shape index (κ2) is 3.35. The number of rotatable bonds is 2. The first-order chi connectivity index (χ1) is 5.16. The van der Waals surface area contributed by atoms with E-state index in [-0.39, 0.29) is 0 Å². The minimum Gasteiger partial charge on any atom is -0.325 e. The van der Waals surface area contributed by atoms with Crippen molar-refractivity contribution in [2.75, 3.05) is 26.7 Å². The second-order valence-electron chi connectivity index (χ2n) is 3.83. The van der Waals surface area contributed by atoms with Crippen LogP contribution < -0.4 is 0 Å². The van der Waals surface area contributed by atoms with Gasteiger partial charge in [0, 0.05) is 0 Å². The summed E-state index contributed by atoms with van der Waals surface area (Å²) in [6, 6.07) is 0. The fourth-order valence-corrected chi connectivity index (χ4v) is 1.79. The monoisotopic (exact) mass is 156 g/mol. The molecule has 0 spiro atoms. The van der Waals surface area contributed by atoms with Gasteiger partial charge in [-0.1, -0.05) is 6.92 Å². The number of carbonyl (C=O) groups excluding carboxylic acids is 1. The van der Waals surface area contributed by atoms with E-state index in [1.165, 1.54) is 13.0 Å². The van der Waals surface area contributed by atoms with Crippen molar-refractivity contribution in [1.82, 2.24) is 0 Å². The van der Waals surface area contributed by atoms with E-state index in [2.05, 4.69) is 14.0 Å². The topological polar surface area (TPSA) is 17.1 Å². The average Bonchev–Trinajstić information content (AvgIpc) is 1.97. The fourth-order valence-electron chi connectivity index (χ4n) is 1.79. The summed E-state index contributed by atoms with van der Waals surface area (Å²) in [6.07, 6.45) is 2.83. The number of Topliss-reactive ketones (excluding diaryl/α,β-unsaturated/α-hetero) is 1. The minimum atomic E-state index is 0.455. The second-order valence-corrected chi connectivity index (χ2v) is 3.83. The van der Waals surface area contributed by atoms with Crippen molar-refractivity contribution >= 4 is 5.78 Å². The molecule has 1 aliphatic heterocycles. The molecule has 1 rings (SSSR count). The molecular weight excluding hydrogens is 138 g/mol. The Labute approximate surface area is 68.8 Å². The van der Waals surface area contributed by atoms with Crippen molar-refractivity contribution in [3.8, 4) is 0 Å². The minimum absolute atomic E-state index is 0.455. The van der Waals surface area contributed by atoms with E-state index in [1.807, 2.05) is 0 Å². The van der Waals surface area contributed by atoms with Gasteiger partial charge in [-0.05, 0) is 6.42 Å². The number of quaternary nitrogens is 1. The quantitative estimate of drug-likeness (QED) is 0.549. The van der Waals surface area contributed by atoms with Crippen LogP contribution in [0.25, 0.3) is 0 Å². The van der Waals surface area contributed by atoms with Gasteiger partial charge in [0.2, 0.25) is 0 Å². The van der Waals surface area contributed by atoms with Crippen LogP contribution >= 0.6 is 0 Å². The molecule has 1 fully saturated rings. The van der Waals surface area contributed by atoms with Crippen LogP contribution in [-0.2, 0) is 4.79 Å². The lowest BCUT2D eigenvalue weighted by Crippen LogP contribution is -2.50. The summed E-state index contributed by atoms with van der Waals surface area (Å²) in [5.74, 6) is 0.455. The van der Waals surface area contributed by atoms with Crippen molar-refractivity contribution in [2.24, 2.45) is 0 Å². The molecule has 1 saturated heterocycles.